The summed E-state index contributed by atoms with van der Waals surface area (Å²) in [5, 5.41) is 4.62. The van der Waals surface area contributed by atoms with Gasteiger partial charge in [-0.2, -0.15) is 0 Å². The highest BCUT2D eigenvalue weighted by atomic mass is 32.1. The lowest BCUT2D eigenvalue weighted by Crippen LogP contribution is -2.10. The molecule has 0 fully saturated rings. The van der Waals surface area contributed by atoms with Crippen LogP contribution in [0.1, 0.15) is 22.7 Å². The summed E-state index contributed by atoms with van der Waals surface area (Å²) < 4.78 is 5.08. The highest BCUT2D eigenvalue weighted by Gasteiger charge is 2.21. The van der Waals surface area contributed by atoms with Crippen LogP contribution in [-0.4, -0.2) is 30.2 Å². The number of hydrogen-bond acceptors (Lipinski definition) is 5. The first-order valence-electron chi connectivity index (χ1n) is 6.31. The van der Waals surface area contributed by atoms with E-state index in [0.29, 0.717) is 6.61 Å². The summed E-state index contributed by atoms with van der Waals surface area (Å²) in [4.78, 5) is 11.7. The molecule has 5 heteroatoms. The fraction of sp³-hybridized carbons (Fsp3) is 0.538. The molecule has 1 aliphatic rings. The van der Waals surface area contributed by atoms with Gasteiger partial charge in [0.25, 0.3) is 0 Å². The predicted octanol–water partition coefficient (Wildman–Crippen LogP) is 2.55. The molecular weight excluding hydrogens is 246 g/mol. The minimum atomic E-state index is 0.691. The minimum Gasteiger partial charge on any atom is -0.383 e. The van der Waals surface area contributed by atoms with Crippen LogP contribution in [0, 0.1) is 6.92 Å². The molecule has 0 radical (unpaired) electrons. The van der Waals surface area contributed by atoms with E-state index in [9.17, 15) is 0 Å². The van der Waals surface area contributed by atoms with Crippen LogP contribution in [-0.2, 0) is 17.6 Å². The molecule has 2 aromatic heterocycles. The third-order valence-corrected chi connectivity index (χ3v) is 4.46. The van der Waals surface area contributed by atoms with E-state index in [1.807, 2.05) is 18.3 Å². The Balaban J connectivity index is 2.05. The lowest BCUT2D eigenvalue weighted by atomic mass is 10.2. The zero-order chi connectivity index (χ0) is 12.5. The van der Waals surface area contributed by atoms with Crippen molar-refractivity contribution in [3.05, 3.63) is 16.3 Å². The third kappa shape index (κ3) is 1.97. The summed E-state index contributed by atoms with van der Waals surface area (Å²) in [5.74, 6) is 1.82. The van der Waals surface area contributed by atoms with Gasteiger partial charge in [-0.3, -0.25) is 0 Å². The van der Waals surface area contributed by atoms with Gasteiger partial charge in [-0.15, -0.1) is 11.3 Å². The summed E-state index contributed by atoms with van der Waals surface area (Å²) in [5.41, 5.74) is 1.47. The first-order chi connectivity index (χ1) is 8.79. The normalized spacial score (nSPS) is 14.1. The van der Waals surface area contributed by atoms with E-state index in [2.05, 4.69) is 15.3 Å². The Hall–Kier alpha value is -1.20. The Bertz CT molecular complexity index is 579. The molecule has 3 rings (SSSR count). The molecule has 1 N–H and O–H groups in total. The number of thiophene rings is 1. The van der Waals surface area contributed by atoms with Crippen LogP contribution in [0.25, 0.3) is 10.2 Å². The van der Waals surface area contributed by atoms with Gasteiger partial charge in [-0.1, -0.05) is 0 Å². The fourth-order valence-corrected chi connectivity index (χ4v) is 3.81. The number of aryl methyl sites for hydroxylation is 3. The van der Waals surface area contributed by atoms with Crippen LogP contribution in [0.5, 0.6) is 0 Å². The standard InChI is InChI=1S/C13H17N3OS/c1-8-15-12(14-6-7-17-2)11-9-4-3-5-10(9)18-13(11)16-8/h3-7H2,1-2H3,(H,14,15,16). The monoisotopic (exact) mass is 263 g/mol. The molecule has 2 aromatic rings. The number of nitrogens with zero attached hydrogens (tertiary/aromatic N) is 2. The highest BCUT2D eigenvalue weighted by Crippen LogP contribution is 2.39. The van der Waals surface area contributed by atoms with Gasteiger partial charge in [-0.25, -0.2) is 9.97 Å². The summed E-state index contributed by atoms with van der Waals surface area (Å²) in [6.07, 6.45) is 3.64. The Labute approximate surface area is 110 Å². The van der Waals surface area contributed by atoms with Crippen molar-refractivity contribution in [2.45, 2.75) is 26.2 Å². The van der Waals surface area contributed by atoms with Gasteiger partial charge in [0.05, 0.1) is 12.0 Å². The Kier molecular flexibility index (Phi) is 3.18. The lowest BCUT2D eigenvalue weighted by Gasteiger charge is -2.08. The number of ether oxygens (including phenoxy) is 1. The van der Waals surface area contributed by atoms with Crippen LogP contribution in [0.15, 0.2) is 0 Å². The average Bonchev–Trinajstić information content (AvgIpc) is 2.88. The van der Waals surface area contributed by atoms with Gasteiger partial charge in [0.1, 0.15) is 16.5 Å². The molecule has 0 amide bonds. The molecule has 0 atom stereocenters. The van der Waals surface area contributed by atoms with Crippen LogP contribution >= 0.6 is 11.3 Å². The highest BCUT2D eigenvalue weighted by molar-refractivity contribution is 7.19. The maximum absolute atomic E-state index is 5.08. The van der Waals surface area contributed by atoms with Crippen molar-refractivity contribution in [2.75, 3.05) is 25.6 Å². The maximum atomic E-state index is 5.08. The van der Waals surface area contributed by atoms with Crippen LogP contribution in [0.4, 0.5) is 5.82 Å². The van der Waals surface area contributed by atoms with E-state index in [1.54, 1.807) is 7.11 Å². The quantitative estimate of drug-likeness (QED) is 0.861. The number of anilines is 1. The maximum Gasteiger partial charge on any atom is 0.138 e. The molecule has 0 saturated heterocycles. The topological polar surface area (TPSA) is 47.0 Å². The molecular formula is C13H17N3OS. The first-order valence-corrected chi connectivity index (χ1v) is 7.13. The van der Waals surface area contributed by atoms with Gasteiger partial charge in [0.15, 0.2) is 0 Å². The number of hydrogen-bond donors (Lipinski definition) is 1. The van der Waals surface area contributed by atoms with E-state index >= 15 is 0 Å². The third-order valence-electron chi connectivity index (χ3n) is 3.28. The lowest BCUT2D eigenvalue weighted by molar-refractivity contribution is 0.210. The van der Waals surface area contributed by atoms with E-state index in [1.165, 1.54) is 35.1 Å². The molecule has 0 unspecified atom stereocenters. The first kappa shape index (κ1) is 11.9. The van der Waals surface area contributed by atoms with E-state index in [0.717, 1.165) is 23.0 Å². The summed E-state index contributed by atoms with van der Waals surface area (Å²) in [7, 11) is 1.71. The molecule has 1 aliphatic carbocycles. The van der Waals surface area contributed by atoms with Crippen molar-refractivity contribution < 1.29 is 4.74 Å². The predicted molar refractivity (Wildman–Crippen MR) is 74.5 cm³/mol. The molecule has 96 valence electrons. The second-order valence-corrected chi connectivity index (χ2v) is 5.66. The van der Waals surface area contributed by atoms with Gasteiger partial charge < -0.3 is 10.1 Å². The molecule has 2 heterocycles. The van der Waals surface area contributed by atoms with Crippen molar-refractivity contribution in [1.29, 1.82) is 0 Å². The molecule has 0 aromatic carbocycles. The molecule has 0 bridgehead atoms. The van der Waals surface area contributed by atoms with Crippen molar-refractivity contribution in [2.24, 2.45) is 0 Å². The van der Waals surface area contributed by atoms with Crippen LogP contribution < -0.4 is 5.32 Å². The molecule has 0 aliphatic heterocycles. The second kappa shape index (κ2) is 4.82. The SMILES string of the molecule is COCCNc1nc(C)nc2sc3c(c12)CCC3. The fourth-order valence-electron chi connectivity index (χ4n) is 2.50. The molecule has 4 nitrogen and oxygen atoms in total. The van der Waals surface area contributed by atoms with E-state index < -0.39 is 0 Å². The summed E-state index contributed by atoms with van der Waals surface area (Å²) in [6, 6.07) is 0. The van der Waals surface area contributed by atoms with Crippen molar-refractivity contribution in [3.63, 3.8) is 0 Å². The van der Waals surface area contributed by atoms with Gasteiger partial charge in [0, 0.05) is 18.5 Å². The second-order valence-electron chi connectivity index (χ2n) is 4.58. The number of nitrogens with one attached hydrogen (secondary N) is 1. The zero-order valence-corrected chi connectivity index (χ0v) is 11.6. The number of fused-ring (bicyclic) bond motifs is 3. The van der Waals surface area contributed by atoms with Gasteiger partial charge in [0.2, 0.25) is 0 Å². The van der Waals surface area contributed by atoms with E-state index in [4.69, 9.17) is 4.74 Å². The van der Waals surface area contributed by atoms with Crippen molar-refractivity contribution >= 4 is 27.4 Å². The summed E-state index contributed by atoms with van der Waals surface area (Å²) >= 11 is 1.83. The van der Waals surface area contributed by atoms with Crippen LogP contribution in [0.2, 0.25) is 0 Å². The Morgan fingerprint density at radius 2 is 2.22 bits per heavy atom. The van der Waals surface area contributed by atoms with E-state index in [-0.39, 0.29) is 0 Å². The molecule has 18 heavy (non-hydrogen) atoms. The van der Waals surface area contributed by atoms with Crippen molar-refractivity contribution in [1.82, 2.24) is 9.97 Å². The number of aromatic nitrogens is 2. The Morgan fingerprint density at radius 3 is 3.06 bits per heavy atom. The van der Waals surface area contributed by atoms with Crippen molar-refractivity contribution in [3.8, 4) is 0 Å². The molecule has 0 saturated carbocycles. The number of methoxy groups -OCH3 is 1. The smallest absolute Gasteiger partial charge is 0.138 e. The Morgan fingerprint density at radius 1 is 1.33 bits per heavy atom. The van der Waals surface area contributed by atoms with Gasteiger partial charge in [-0.05, 0) is 31.7 Å². The zero-order valence-electron chi connectivity index (χ0n) is 10.7. The average molecular weight is 263 g/mol. The van der Waals surface area contributed by atoms with Gasteiger partial charge >= 0.3 is 0 Å². The summed E-state index contributed by atoms with van der Waals surface area (Å²) in [6.45, 7) is 3.43. The molecule has 0 spiro atoms. The minimum absolute atomic E-state index is 0.691. The number of rotatable bonds is 4. The largest absolute Gasteiger partial charge is 0.383 e. The van der Waals surface area contributed by atoms with Crippen LogP contribution in [0.3, 0.4) is 0 Å².